The first-order chi connectivity index (χ1) is 18.5. The van der Waals surface area contributed by atoms with Gasteiger partial charge in [-0.15, -0.1) is 0 Å². The zero-order chi connectivity index (χ0) is 29.0. The van der Waals surface area contributed by atoms with Gasteiger partial charge in [-0.3, -0.25) is 4.79 Å². The van der Waals surface area contributed by atoms with Crippen molar-refractivity contribution < 1.29 is 68.6 Å². The molecule has 0 aromatic heterocycles. The second-order valence-corrected chi connectivity index (χ2v) is 9.67. The molecule has 3 rings (SSSR count). The van der Waals surface area contributed by atoms with Crippen LogP contribution in [0.4, 0.5) is 0 Å². The van der Waals surface area contributed by atoms with Crippen molar-refractivity contribution in [2.45, 2.75) is 98.9 Å². The Morgan fingerprint density at radius 3 is 1.54 bits per heavy atom. The van der Waals surface area contributed by atoms with Crippen LogP contribution < -0.4 is 16.8 Å². The first kappa shape index (κ1) is 32.4. The number of nitrogens with two attached hydrogens (primary N) is 2. The molecule has 0 bridgehead atoms. The van der Waals surface area contributed by atoms with E-state index in [2.05, 4.69) is 5.32 Å². The highest BCUT2D eigenvalue weighted by Crippen LogP contribution is 2.32. The maximum absolute atomic E-state index is 11.7. The zero-order valence-corrected chi connectivity index (χ0v) is 21.9. The van der Waals surface area contributed by atoms with Crippen LogP contribution in [0.1, 0.15) is 6.92 Å². The summed E-state index contributed by atoms with van der Waals surface area (Å²) in [4.78, 5) is 11.7. The van der Waals surface area contributed by atoms with Crippen molar-refractivity contribution in [2.24, 2.45) is 11.5 Å². The van der Waals surface area contributed by atoms with Crippen molar-refractivity contribution in [3.8, 4) is 0 Å². The van der Waals surface area contributed by atoms with Crippen molar-refractivity contribution in [3.05, 3.63) is 0 Å². The average molecular weight is 572 g/mol. The van der Waals surface area contributed by atoms with Gasteiger partial charge in [0.2, 0.25) is 5.91 Å². The third-order valence-corrected chi connectivity index (χ3v) is 7.11. The summed E-state index contributed by atoms with van der Waals surface area (Å²) in [6.45, 7) is -0.584. The number of hydrogen-bond acceptors (Lipinski definition) is 16. The molecule has 15 atom stereocenters. The molecule has 0 saturated carbocycles. The van der Waals surface area contributed by atoms with E-state index in [1.54, 1.807) is 0 Å². The Labute approximate surface area is 224 Å². The van der Waals surface area contributed by atoms with E-state index in [0.29, 0.717) is 0 Å². The quantitative estimate of drug-likeness (QED) is 0.118. The molecule has 3 aliphatic rings. The highest BCUT2D eigenvalue weighted by atomic mass is 16.7. The highest BCUT2D eigenvalue weighted by Gasteiger charge is 2.53. The van der Waals surface area contributed by atoms with Gasteiger partial charge in [0.25, 0.3) is 0 Å². The Morgan fingerprint density at radius 2 is 1.13 bits per heavy atom. The first-order valence-electron chi connectivity index (χ1n) is 12.5. The summed E-state index contributed by atoms with van der Waals surface area (Å²) in [6, 6.07) is -3.57. The number of carbonyl (C=O) groups excluding carboxylic acids is 1. The molecule has 11 N–H and O–H groups in total. The van der Waals surface area contributed by atoms with Gasteiger partial charge < -0.3 is 80.6 Å². The summed E-state index contributed by atoms with van der Waals surface area (Å²) in [6.07, 6.45) is -15.1. The molecule has 6 unspecified atom stereocenters. The number of ether oxygens (including phenoxy) is 7. The first-order valence-corrected chi connectivity index (χ1v) is 12.5. The van der Waals surface area contributed by atoms with Crippen molar-refractivity contribution in [2.75, 3.05) is 34.0 Å². The summed E-state index contributed by atoms with van der Waals surface area (Å²) in [7, 11) is 2.61. The van der Waals surface area contributed by atoms with E-state index in [1.165, 1.54) is 21.1 Å². The molecule has 0 aromatic rings. The van der Waals surface area contributed by atoms with Crippen LogP contribution in [0.5, 0.6) is 0 Å². The van der Waals surface area contributed by atoms with Gasteiger partial charge in [0.15, 0.2) is 18.9 Å². The van der Waals surface area contributed by atoms with Crippen molar-refractivity contribution >= 4 is 5.91 Å². The number of nitrogens with one attached hydrogen (secondary N) is 1. The van der Waals surface area contributed by atoms with Gasteiger partial charge in [-0.2, -0.15) is 0 Å². The maximum Gasteiger partial charge on any atom is 0.217 e. The average Bonchev–Trinajstić information content (AvgIpc) is 2.92. The van der Waals surface area contributed by atoms with Gasteiger partial charge >= 0.3 is 0 Å². The van der Waals surface area contributed by atoms with E-state index in [4.69, 9.17) is 44.6 Å². The molecule has 17 nitrogen and oxygen atoms in total. The Kier molecular flexibility index (Phi) is 11.8. The minimum Gasteiger partial charge on any atom is -0.394 e. The van der Waals surface area contributed by atoms with Crippen LogP contribution >= 0.6 is 0 Å². The van der Waals surface area contributed by atoms with Crippen LogP contribution in [0.2, 0.25) is 0 Å². The monoisotopic (exact) mass is 571 g/mol. The molecular weight excluding hydrogens is 530 g/mol. The fourth-order valence-electron chi connectivity index (χ4n) is 5.01. The molecule has 3 heterocycles. The Morgan fingerprint density at radius 1 is 0.718 bits per heavy atom. The van der Waals surface area contributed by atoms with E-state index in [9.17, 15) is 35.4 Å². The van der Waals surface area contributed by atoms with E-state index in [0.717, 1.165) is 0 Å². The summed E-state index contributed by atoms with van der Waals surface area (Å²) in [5, 5.41) is 64.4. The van der Waals surface area contributed by atoms with E-state index in [-0.39, 0.29) is 0 Å². The van der Waals surface area contributed by atoms with Crippen molar-refractivity contribution in [1.82, 2.24) is 5.32 Å². The molecule has 0 aliphatic carbocycles. The SMILES string of the molecule is CO[C@@H]1O[C@@H](CO)[C@@H](O[C@@H]2OC(CO)[C@@H](O[C@@H]3O[C@@H](CO)[C@@H](OC)C(O)C3N)C(O)[C@@H]2N)C(O)C1NC(C)=O. The molecule has 0 radical (unpaired) electrons. The van der Waals surface area contributed by atoms with Crippen LogP contribution in [0.15, 0.2) is 0 Å². The van der Waals surface area contributed by atoms with Gasteiger partial charge in [0.05, 0.1) is 31.9 Å². The summed E-state index contributed by atoms with van der Waals surface area (Å²) < 4.78 is 39.0. The number of rotatable bonds is 10. The van der Waals surface area contributed by atoms with Crippen LogP contribution in [0.3, 0.4) is 0 Å². The van der Waals surface area contributed by atoms with Crippen LogP contribution in [0.25, 0.3) is 0 Å². The number of carbonyl (C=O) groups is 1. The van der Waals surface area contributed by atoms with E-state index < -0.39 is 118 Å². The largest absolute Gasteiger partial charge is 0.394 e. The smallest absolute Gasteiger partial charge is 0.217 e. The topological polar surface area (TPSA) is 267 Å². The lowest BCUT2D eigenvalue weighted by molar-refractivity contribution is -0.350. The maximum atomic E-state index is 11.7. The predicted molar refractivity (Wildman–Crippen MR) is 126 cm³/mol. The predicted octanol–water partition coefficient (Wildman–Crippen LogP) is -6.19. The van der Waals surface area contributed by atoms with E-state index in [1.807, 2.05) is 0 Å². The minimum absolute atomic E-state index is 0.485. The lowest BCUT2D eigenvalue weighted by Crippen LogP contribution is -2.70. The van der Waals surface area contributed by atoms with Gasteiger partial charge in [-0.25, -0.2) is 0 Å². The fourth-order valence-corrected chi connectivity index (χ4v) is 5.01. The third kappa shape index (κ3) is 6.85. The molecule has 39 heavy (non-hydrogen) atoms. The molecule has 3 fully saturated rings. The van der Waals surface area contributed by atoms with Crippen LogP contribution in [-0.2, 0) is 38.0 Å². The fraction of sp³-hybridized carbons (Fsp3) is 0.955. The van der Waals surface area contributed by atoms with Crippen LogP contribution in [0, 0.1) is 0 Å². The molecular formula is C22H41N3O14. The molecule has 0 aromatic carbocycles. The number of hydrogen-bond donors (Lipinski definition) is 9. The van der Waals surface area contributed by atoms with Crippen molar-refractivity contribution in [3.63, 3.8) is 0 Å². The number of aliphatic hydroxyl groups excluding tert-OH is 6. The molecule has 17 heteroatoms. The molecule has 3 aliphatic heterocycles. The number of aliphatic hydroxyl groups is 6. The third-order valence-electron chi connectivity index (χ3n) is 7.11. The standard InChI is InChI=1S/C22H41N3O14/c1-7(29)25-13-16(32)19(10(6-28)37-22(13)34-3)39-21-12(24)15(31)18(9(5-27)36-21)38-20-11(23)14(30)17(33-2)8(4-26)35-20/h8-22,26-28,30-32H,4-6,23-24H2,1-3H3,(H,25,29)/t8-,9?,10-,11?,12-,13?,14?,15?,16?,17+,18+,19+,20-,21-,22+/m0/s1. The summed E-state index contributed by atoms with van der Waals surface area (Å²) >= 11 is 0. The van der Waals surface area contributed by atoms with E-state index >= 15 is 0 Å². The lowest BCUT2D eigenvalue weighted by Gasteiger charge is -2.49. The van der Waals surface area contributed by atoms with Crippen molar-refractivity contribution in [1.29, 1.82) is 0 Å². The second-order valence-electron chi connectivity index (χ2n) is 9.67. The van der Waals surface area contributed by atoms with Crippen LogP contribution in [-0.4, -0.2) is 163 Å². The number of methoxy groups -OCH3 is 2. The highest BCUT2D eigenvalue weighted by molar-refractivity contribution is 5.73. The van der Waals surface area contributed by atoms with Gasteiger partial charge in [0, 0.05) is 21.1 Å². The molecule has 228 valence electrons. The molecule has 0 spiro atoms. The molecule has 1 amide bonds. The zero-order valence-electron chi connectivity index (χ0n) is 21.9. The normalized spacial score (nSPS) is 47.1. The number of amides is 1. The van der Waals surface area contributed by atoms with Gasteiger partial charge in [0.1, 0.15) is 61.0 Å². The Balaban J connectivity index is 1.75. The molecule has 3 saturated heterocycles. The lowest BCUT2D eigenvalue weighted by atomic mass is 9.94. The summed E-state index contributed by atoms with van der Waals surface area (Å²) in [5.74, 6) is -0.485. The summed E-state index contributed by atoms with van der Waals surface area (Å²) in [5.41, 5.74) is 12.2. The van der Waals surface area contributed by atoms with Gasteiger partial charge in [-0.1, -0.05) is 0 Å². The second kappa shape index (κ2) is 14.2. The Hall–Kier alpha value is -1.13. The van der Waals surface area contributed by atoms with Gasteiger partial charge in [-0.05, 0) is 0 Å². The minimum atomic E-state index is -1.55. The Bertz CT molecular complexity index is 780.